The minimum atomic E-state index is -3.94. The molecule has 1 aliphatic heterocycles. The molecule has 1 aromatic carbocycles. The molecule has 116 valence electrons. The number of nitrogen functional groups attached to an aromatic ring is 1. The van der Waals surface area contributed by atoms with Gasteiger partial charge in [0.05, 0.1) is 4.92 Å². The fourth-order valence-electron chi connectivity index (χ4n) is 2.21. The molecule has 2 rings (SSSR count). The highest BCUT2D eigenvalue weighted by Crippen LogP contribution is 2.37. The van der Waals surface area contributed by atoms with Crippen LogP contribution in [0.3, 0.4) is 0 Å². The van der Waals surface area contributed by atoms with Crippen molar-refractivity contribution in [1.82, 2.24) is 4.72 Å². The summed E-state index contributed by atoms with van der Waals surface area (Å²) in [5, 5.41) is 11.0. The highest BCUT2D eigenvalue weighted by molar-refractivity contribution is 8.01. The highest BCUT2D eigenvalue weighted by Gasteiger charge is 2.33. The number of hydrogen-bond acceptors (Lipinski definition) is 6. The number of hydrogen-bond donors (Lipinski definition) is 2. The zero-order valence-electron chi connectivity index (χ0n) is 11.5. The van der Waals surface area contributed by atoms with Gasteiger partial charge >= 0.3 is 0 Å². The molecule has 0 amide bonds. The van der Waals surface area contributed by atoms with Crippen molar-refractivity contribution in [2.24, 2.45) is 0 Å². The van der Waals surface area contributed by atoms with Crippen LogP contribution in [0, 0.1) is 10.1 Å². The predicted octanol–water partition coefficient (Wildman–Crippen LogP) is 1.74. The van der Waals surface area contributed by atoms with Crippen LogP contribution < -0.4 is 10.5 Å². The summed E-state index contributed by atoms with van der Waals surface area (Å²) in [5.41, 5.74) is 5.12. The molecule has 9 heteroatoms. The summed E-state index contributed by atoms with van der Waals surface area (Å²) in [5.74, 6) is 1.00. The van der Waals surface area contributed by atoms with Crippen molar-refractivity contribution in [3.63, 3.8) is 0 Å². The van der Waals surface area contributed by atoms with Crippen LogP contribution in [0.1, 0.15) is 19.8 Å². The monoisotopic (exact) mass is 331 g/mol. The first-order valence-electron chi connectivity index (χ1n) is 6.41. The van der Waals surface area contributed by atoms with E-state index in [0.717, 1.165) is 24.7 Å². The van der Waals surface area contributed by atoms with Crippen LogP contribution in [0.25, 0.3) is 0 Å². The lowest BCUT2D eigenvalue weighted by molar-refractivity contribution is -0.387. The Morgan fingerprint density at radius 3 is 2.81 bits per heavy atom. The van der Waals surface area contributed by atoms with Gasteiger partial charge in [0.2, 0.25) is 10.0 Å². The van der Waals surface area contributed by atoms with Crippen molar-refractivity contribution in [3.05, 3.63) is 28.3 Å². The third kappa shape index (κ3) is 3.66. The molecular weight excluding hydrogens is 314 g/mol. The van der Waals surface area contributed by atoms with E-state index in [9.17, 15) is 18.5 Å². The lowest BCUT2D eigenvalue weighted by Crippen LogP contribution is -2.36. The number of nitro groups is 1. The van der Waals surface area contributed by atoms with Crippen LogP contribution >= 0.6 is 11.8 Å². The van der Waals surface area contributed by atoms with Gasteiger partial charge in [-0.1, -0.05) is 0 Å². The molecule has 0 bridgehead atoms. The quantitative estimate of drug-likeness (QED) is 0.482. The summed E-state index contributed by atoms with van der Waals surface area (Å²) < 4.78 is 26.9. The van der Waals surface area contributed by atoms with E-state index >= 15 is 0 Å². The van der Waals surface area contributed by atoms with Gasteiger partial charge < -0.3 is 5.73 Å². The number of nitro benzene ring substituents is 1. The van der Waals surface area contributed by atoms with E-state index in [1.807, 2.05) is 6.92 Å². The van der Waals surface area contributed by atoms with Gasteiger partial charge in [-0.3, -0.25) is 10.1 Å². The molecule has 21 heavy (non-hydrogen) atoms. The van der Waals surface area contributed by atoms with E-state index < -0.39 is 20.6 Å². The molecule has 0 aliphatic carbocycles. The number of rotatable bonds is 5. The van der Waals surface area contributed by atoms with Crippen molar-refractivity contribution in [2.75, 3.05) is 18.0 Å². The molecule has 1 atom stereocenters. The zero-order valence-corrected chi connectivity index (χ0v) is 13.2. The minimum Gasteiger partial charge on any atom is -0.399 e. The topological polar surface area (TPSA) is 115 Å². The van der Waals surface area contributed by atoms with Crippen LogP contribution in [-0.4, -0.2) is 30.4 Å². The average molecular weight is 331 g/mol. The lowest BCUT2D eigenvalue weighted by Gasteiger charge is -2.22. The molecule has 1 saturated heterocycles. The zero-order chi connectivity index (χ0) is 15.7. The van der Waals surface area contributed by atoms with Crippen LogP contribution in [0.4, 0.5) is 11.4 Å². The summed E-state index contributed by atoms with van der Waals surface area (Å²) in [6, 6.07) is 3.56. The van der Waals surface area contributed by atoms with Crippen molar-refractivity contribution in [3.8, 4) is 0 Å². The molecule has 7 nitrogen and oxygen atoms in total. The fraction of sp³-hybridized carbons (Fsp3) is 0.500. The molecule has 1 heterocycles. The number of thioether (sulfide) groups is 1. The Hall–Kier alpha value is -1.32. The summed E-state index contributed by atoms with van der Waals surface area (Å²) in [4.78, 5) is 9.91. The molecule has 3 N–H and O–H groups in total. The van der Waals surface area contributed by atoms with Crippen LogP contribution in [0.5, 0.6) is 0 Å². The average Bonchev–Trinajstić information content (AvgIpc) is 2.84. The van der Waals surface area contributed by atoms with Gasteiger partial charge in [0.1, 0.15) is 0 Å². The number of nitrogens with one attached hydrogen (secondary N) is 1. The number of sulfonamides is 1. The van der Waals surface area contributed by atoms with E-state index in [-0.39, 0.29) is 21.9 Å². The Kier molecular flexibility index (Phi) is 4.45. The van der Waals surface area contributed by atoms with Gasteiger partial charge in [-0.15, -0.1) is 0 Å². The van der Waals surface area contributed by atoms with Gasteiger partial charge in [0.15, 0.2) is 4.90 Å². The molecule has 1 unspecified atom stereocenters. The van der Waals surface area contributed by atoms with E-state index in [1.165, 1.54) is 12.1 Å². The summed E-state index contributed by atoms with van der Waals surface area (Å²) in [6.45, 7) is 2.24. The first-order chi connectivity index (χ1) is 9.73. The van der Waals surface area contributed by atoms with Gasteiger partial charge in [-0.05, 0) is 37.7 Å². The molecule has 0 spiro atoms. The van der Waals surface area contributed by atoms with E-state index in [2.05, 4.69) is 4.72 Å². The van der Waals surface area contributed by atoms with Crippen molar-refractivity contribution in [2.45, 2.75) is 29.4 Å². The second-order valence-corrected chi connectivity index (χ2v) is 8.63. The second kappa shape index (κ2) is 5.82. The molecule has 1 aliphatic rings. The summed E-state index contributed by atoms with van der Waals surface area (Å²) in [7, 11) is -3.94. The van der Waals surface area contributed by atoms with E-state index in [4.69, 9.17) is 5.73 Å². The Labute approximate surface area is 127 Å². The van der Waals surface area contributed by atoms with E-state index in [0.29, 0.717) is 0 Å². The first kappa shape index (κ1) is 16.1. The Bertz CT molecular complexity index is 654. The smallest absolute Gasteiger partial charge is 0.291 e. The third-order valence-corrected chi connectivity index (χ3v) is 6.39. The molecule has 1 aromatic rings. The predicted molar refractivity (Wildman–Crippen MR) is 82.8 cm³/mol. The molecule has 0 saturated carbocycles. The molecule has 1 fully saturated rings. The number of benzene rings is 1. The maximum Gasteiger partial charge on any atom is 0.291 e. The molecule has 0 radical (unpaired) electrons. The summed E-state index contributed by atoms with van der Waals surface area (Å²) in [6.07, 6.45) is 1.97. The van der Waals surface area contributed by atoms with Gasteiger partial charge in [-0.2, -0.15) is 11.8 Å². The minimum absolute atomic E-state index is 0.152. The standard InChI is InChI=1S/C12H17N3O4S2/c1-12(5-2-6-20-12)8-14-21(18,19)11-4-3-9(13)7-10(11)15(16)17/h3-4,7,14H,2,5-6,8,13H2,1H3. The number of anilines is 1. The largest absolute Gasteiger partial charge is 0.399 e. The van der Waals surface area contributed by atoms with Crippen molar-refractivity contribution in [1.29, 1.82) is 0 Å². The number of nitrogens with zero attached hydrogens (tertiary/aromatic N) is 1. The maximum atomic E-state index is 12.3. The Morgan fingerprint density at radius 1 is 1.52 bits per heavy atom. The SMILES string of the molecule is CC1(CNS(=O)(=O)c2ccc(N)cc2[N+](=O)[O-])CCCS1. The normalized spacial score (nSPS) is 22.3. The first-order valence-corrected chi connectivity index (χ1v) is 8.88. The van der Waals surface area contributed by atoms with Crippen LogP contribution in [0.2, 0.25) is 0 Å². The highest BCUT2D eigenvalue weighted by atomic mass is 32.2. The Morgan fingerprint density at radius 2 is 2.24 bits per heavy atom. The molecular formula is C12H17N3O4S2. The van der Waals surface area contributed by atoms with Crippen LogP contribution in [0.15, 0.2) is 23.1 Å². The second-order valence-electron chi connectivity index (χ2n) is 5.21. The summed E-state index contributed by atoms with van der Waals surface area (Å²) >= 11 is 1.71. The van der Waals surface area contributed by atoms with Crippen molar-refractivity contribution < 1.29 is 13.3 Å². The fourth-order valence-corrected chi connectivity index (χ4v) is 4.86. The van der Waals surface area contributed by atoms with Crippen LogP contribution in [-0.2, 0) is 10.0 Å². The molecule has 0 aromatic heterocycles. The van der Waals surface area contributed by atoms with E-state index in [1.54, 1.807) is 11.8 Å². The maximum absolute atomic E-state index is 12.3. The Balaban J connectivity index is 2.25. The van der Waals surface area contributed by atoms with Gasteiger partial charge in [0.25, 0.3) is 5.69 Å². The third-order valence-electron chi connectivity index (χ3n) is 3.41. The van der Waals surface area contributed by atoms with Gasteiger partial charge in [0, 0.05) is 23.0 Å². The number of nitrogens with two attached hydrogens (primary N) is 1. The van der Waals surface area contributed by atoms with Crippen molar-refractivity contribution >= 4 is 33.2 Å². The lowest BCUT2D eigenvalue weighted by atomic mass is 10.1. The van der Waals surface area contributed by atoms with Gasteiger partial charge in [-0.25, -0.2) is 13.1 Å².